The first-order valence-corrected chi connectivity index (χ1v) is 9.59. The van der Waals surface area contributed by atoms with Gasteiger partial charge in [0.2, 0.25) is 0 Å². The Morgan fingerprint density at radius 3 is 2.55 bits per heavy atom. The lowest BCUT2D eigenvalue weighted by Gasteiger charge is -2.25. The Morgan fingerprint density at radius 2 is 1.83 bits per heavy atom. The van der Waals surface area contributed by atoms with Gasteiger partial charge in [-0.05, 0) is 50.6 Å². The van der Waals surface area contributed by atoms with Gasteiger partial charge in [0.25, 0.3) is 5.91 Å². The minimum absolute atomic E-state index is 0.168. The predicted molar refractivity (Wildman–Crippen MR) is 112 cm³/mol. The van der Waals surface area contributed by atoms with Crippen molar-refractivity contribution in [1.82, 2.24) is 4.90 Å². The molecule has 0 radical (unpaired) electrons. The zero-order chi connectivity index (χ0) is 21.0. The van der Waals surface area contributed by atoms with Crippen LogP contribution < -0.4 is 9.47 Å². The van der Waals surface area contributed by atoms with Crippen LogP contribution in [0.25, 0.3) is 0 Å². The SMILES string of the molecule is COc1ccccc1C(C)N(C)C(=O)c1ccc(COc2ccc(C)cc2C)o1. The molecule has 152 valence electrons. The van der Waals surface area contributed by atoms with Gasteiger partial charge in [-0.25, -0.2) is 0 Å². The summed E-state index contributed by atoms with van der Waals surface area (Å²) in [6, 6.07) is 17.0. The van der Waals surface area contributed by atoms with Crippen molar-refractivity contribution in [1.29, 1.82) is 0 Å². The van der Waals surface area contributed by atoms with E-state index in [2.05, 4.69) is 6.07 Å². The van der Waals surface area contributed by atoms with Crippen LogP contribution in [0, 0.1) is 13.8 Å². The Balaban J connectivity index is 1.68. The summed E-state index contributed by atoms with van der Waals surface area (Å²) in [4.78, 5) is 14.5. The number of nitrogens with zero attached hydrogens (tertiary/aromatic N) is 1. The lowest BCUT2D eigenvalue weighted by molar-refractivity contribution is 0.0704. The summed E-state index contributed by atoms with van der Waals surface area (Å²) in [7, 11) is 3.38. The number of hydrogen-bond donors (Lipinski definition) is 0. The van der Waals surface area contributed by atoms with Crippen LogP contribution in [0.1, 0.15) is 46.0 Å². The van der Waals surface area contributed by atoms with E-state index in [4.69, 9.17) is 13.9 Å². The number of furan rings is 1. The normalized spacial score (nSPS) is 11.8. The monoisotopic (exact) mass is 393 g/mol. The van der Waals surface area contributed by atoms with Crippen molar-refractivity contribution in [2.45, 2.75) is 33.4 Å². The van der Waals surface area contributed by atoms with Crippen molar-refractivity contribution in [3.05, 3.63) is 82.8 Å². The number of carbonyl (C=O) groups excluding carboxylic acids is 1. The van der Waals surface area contributed by atoms with Gasteiger partial charge in [-0.3, -0.25) is 4.79 Å². The third-order valence-corrected chi connectivity index (χ3v) is 5.06. The van der Waals surface area contributed by atoms with Crippen LogP contribution in [0.5, 0.6) is 11.5 Å². The largest absolute Gasteiger partial charge is 0.496 e. The number of para-hydroxylation sites is 1. The van der Waals surface area contributed by atoms with Crippen molar-refractivity contribution >= 4 is 5.91 Å². The van der Waals surface area contributed by atoms with Crippen LogP contribution in [0.4, 0.5) is 0 Å². The average Bonchev–Trinajstić information content (AvgIpc) is 3.20. The molecule has 1 aromatic heterocycles. The zero-order valence-electron chi connectivity index (χ0n) is 17.6. The van der Waals surface area contributed by atoms with E-state index in [-0.39, 0.29) is 24.3 Å². The van der Waals surface area contributed by atoms with Crippen molar-refractivity contribution in [2.24, 2.45) is 0 Å². The molecule has 0 saturated carbocycles. The second-order valence-electron chi connectivity index (χ2n) is 7.16. The molecule has 1 atom stereocenters. The summed E-state index contributed by atoms with van der Waals surface area (Å²) in [5.41, 5.74) is 3.20. The van der Waals surface area contributed by atoms with Gasteiger partial charge in [-0.15, -0.1) is 0 Å². The minimum atomic E-state index is -0.193. The van der Waals surface area contributed by atoms with Crippen molar-refractivity contribution in [3.63, 3.8) is 0 Å². The molecule has 29 heavy (non-hydrogen) atoms. The molecule has 5 nitrogen and oxygen atoms in total. The average molecular weight is 393 g/mol. The molecular weight excluding hydrogens is 366 g/mol. The summed E-state index contributed by atoms with van der Waals surface area (Å²) >= 11 is 0. The fourth-order valence-corrected chi connectivity index (χ4v) is 3.25. The smallest absolute Gasteiger partial charge is 0.289 e. The summed E-state index contributed by atoms with van der Waals surface area (Å²) < 4.78 is 17.0. The maximum Gasteiger partial charge on any atom is 0.289 e. The quantitative estimate of drug-likeness (QED) is 0.545. The van der Waals surface area contributed by atoms with Gasteiger partial charge in [0.1, 0.15) is 23.9 Å². The minimum Gasteiger partial charge on any atom is -0.496 e. The van der Waals surface area contributed by atoms with Gasteiger partial charge in [0.15, 0.2) is 5.76 Å². The summed E-state index contributed by atoms with van der Waals surface area (Å²) in [6.07, 6.45) is 0. The summed E-state index contributed by atoms with van der Waals surface area (Å²) in [6.45, 7) is 6.28. The Hall–Kier alpha value is -3.21. The second kappa shape index (κ2) is 8.86. The van der Waals surface area contributed by atoms with Crippen LogP contribution in [-0.2, 0) is 6.61 Å². The van der Waals surface area contributed by atoms with Crippen LogP contribution in [0.2, 0.25) is 0 Å². The first-order chi connectivity index (χ1) is 13.9. The van der Waals surface area contributed by atoms with Crippen molar-refractivity contribution in [2.75, 3.05) is 14.2 Å². The van der Waals surface area contributed by atoms with Gasteiger partial charge < -0.3 is 18.8 Å². The number of carbonyl (C=O) groups is 1. The van der Waals surface area contributed by atoms with Crippen molar-refractivity contribution < 1.29 is 18.7 Å². The summed E-state index contributed by atoms with van der Waals surface area (Å²) in [5.74, 6) is 2.25. The molecule has 0 aliphatic rings. The third-order valence-electron chi connectivity index (χ3n) is 5.06. The molecule has 0 aliphatic heterocycles. The number of hydrogen-bond acceptors (Lipinski definition) is 4. The van der Waals surface area contributed by atoms with Crippen LogP contribution in [0.15, 0.2) is 59.0 Å². The number of rotatable bonds is 7. The maximum atomic E-state index is 12.9. The zero-order valence-corrected chi connectivity index (χ0v) is 17.6. The fraction of sp³-hybridized carbons (Fsp3) is 0.292. The Kier molecular flexibility index (Phi) is 6.27. The highest BCUT2D eigenvalue weighted by atomic mass is 16.5. The topological polar surface area (TPSA) is 51.9 Å². The number of amides is 1. The van der Waals surface area contributed by atoms with Gasteiger partial charge in [-0.1, -0.05) is 35.9 Å². The first-order valence-electron chi connectivity index (χ1n) is 9.59. The Bertz CT molecular complexity index is 992. The standard InChI is InChI=1S/C24H27NO4/c1-16-10-12-21(17(2)14-16)28-15-19-11-13-23(29-19)24(26)25(4)18(3)20-8-6-7-9-22(20)27-5/h6-14,18H,15H2,1-5H3. The second-order valence-corrected chi connectivity index (χ2v) is 7.16. The first kappa shape index (κ1) is 20.5. The summed E-state index contributed by atoms with van der Waals surface area (Å²) in [5, 5.41) is 0. The van der Waals surface area contributed by atoms with Gasteiger partial charge >= 0.3 is 0 Å². The molecule has 5 heteroatoms. The van der Waals surface area contributed by atoms with Gasteiger partial charge in [-0.2, -0.15) is 0 Å². The molecule has 0 saturated heterocycles. The number of methoxy groups -OCH3 is 1. The van der Waals surface area contributed by atoms with E-state index < -0.39 is 0 Å². The number of benzene rings is 2. The highest BCUT2D eigenvalue weighted by Gasteiger charge is 2.23. The molecule has 3 aromatic rings. The number of aryl methyl sites for hydroxylation is 2. The molecule has 0 spiro atoms. The molecule has 1 amide bonds. The van der Waals surface area contributed by atoms with E-state index in [1.165, 1.54) is 5.56 Å². The number of ether oxygens (including phenoxy) is 2. The molecule has 3 rings (SSSR count). The lowest BCUT2D eigenvalue weighted by atomic mass is 10.1. The van der Waals surface area contributed by atoms with Crippen LogP contribution in [0.3, 0.4) is 0 Å². The van der Waals surface area contributed by atoms with Crippen molar-refractivity contribution in [3.8, 4) is 11.5 Å². The highest BCUT2D eigenvalue weighted by molar-refractivity contribution is 5.91. The van der Waals surface area contributed by atoms with E-state index in [1.54, 1.807) is 31.2 Å². The van der Waals surface area contributed by atoms with E-state index in [9.17, 15) is 4.79 Å². The van der Waals surface area contributed by atoms with E-state index in [0.717, 1.165) is 22.6 Å². The molecule has 0 aliphatic carbocycles. The predicted octanol–water partition coefficient (Wildman–Crippen LogP) is 5.32. The maximum absolute atomic E-state index is 12.9. The lowest BCUT2D eigenvalue weighted by Crippen LogP contribution is -2.29. The Labute approximate surface area is 171 Å². The molecule has 0 fully saturated rings. The van der Waals surface area contributed by atoms with Crippen LogP contribution in [-0.4, -0.2) is 25.0 Å². The van der Waals surface area contributed by atoms with Crippen LogP contribution >= 0.6 is 0 Å². The third kappa shape index (κ3) is 4.62. The molecule has 1 unspecified atom stereocenters. The molecular formula is C24H27NO4. The molecule has 0 N–H and O–H groups in total. The molecule has 2 aromatic carbocycles. The molecule has 0 bridgehead atoms. The fourth-order valence-electron chi connectivity index (χ4n) is 3.25. The van der Waals surface area contributed by atoms with Gasteiger partial charge in [0.05, 0.1) is 13.2 Å². The van der Waals surface area contributed by atoms with Gasteiger partial charge in [0, 0.05) is 12.6 Å². The Morgan fingerprint density at radius 1 is 1.07 bits per heavy atom. The highest BCUT2D eigenvalue weighted by Crippen LogP contribution is 2.29. The molecule has 1 heterocycles. The van der Waals surface area contributed by atoms with E-state index in [0.29, 0.717) is 5.76 Å². The van der Waals surface area contributed by atoms with E-state index >= 15 is 0 Å². The van der Waals surface area contributed by atoms with E-state index in [1.807, 2.05) is 57.2 Å².